The molecule has 0 saturated carbocycles. The van der Waals surface area contributed by atoms with Crippen LogP contribution in [0.4, 0.5) is 0 Å². The van der Waals surface area contributed by atoms with Crippen molar-refractivity contribution in [2.45, 2.75) is 0 Å². The molecule has 0 aliphatic carbocycles. The van der Waals surface area contributed by atoms with Gasteiger partial charge in [0.15, 0.2) is 0 Å². The molecule has 0 amide bonds. The van der Waals surface area contributed by atoms with Gasteiger partial charge in [-0.15, -0.1) is 0 Å². The number of carbonyl (C=O) groups is 2. The molecule has 0 aliphatic heterocycles. The van der Waals surface area contributed by atoms with Crippen LogP contribution in [0.25, 0.3) is 2.86 Å². The zero-order chi connectivity index (χ0) is 10.6. The number of rotatable bonds is 2. The van der Waals surface area contributed by atoms with Crippen LogP contribution in [0, 0.1) is 0 Å². The molecule has 0 aromatic heterocycles. The molecule has 0 atom stereocenters. The lowest BCUT2D eigenvalue weighted by Crippen LogP contribution is -1.99. The molecule has 0 saturated heterocycles. The Morgan fingerprint density at radius 2 is 1.33 bits per heavy atom. The van der Waals surface area contributed by atoms with Gasteiger partial charge in [-0.1, -0.05) is 0 Å². The van der Waals surface area contributed by atoms with Crippen molar-refractivity contribution in [3.63, 3.8) is 0 Å². The summed E-state index contributed by atoms with van der Waals surface area (Å²) in [6.45, 7) is 0. The molecule has 12 heavy (non-hydrogen) atoms. The SMILES string of the molecule is [3H]OC(=O)c1ccc(C(=O)O[3H])cc1. The second-order valence-electron chi connectivity index (χ2n) is 2.15. The first-order valence-electron chi connectivity index (χ1n) is 3.95. The Hall–Kier alpha value is -1.84. The molecule has 0 aliphatic rings. The van der Waals surface area contributed by atoms with Gasteiger partial charge in [-0.3, -0.25) is 0 Å². The molecule has 62 valence electrons. The molecule has 0 spiro atoms. The van der Waals surface area contributed by atoms with Gasteiger partial charge in [0, 0.05) is 0 Å². The Kier molecular flexibility index (Phi) is 1.46. The van der Waals surface area contributed by atoms with Crippen molar-refractivity contribution in [3.8, 4) is 0 Å². The lowest BCUT2D eigenvalue weighted by Gasteiger charge is -1.94. The van der Waals surface area contributed by atoms with Gasteiger partial charge >= 0.3 is 11.9 Å². The summed E-state index contributed by atoms with van der Waals surface area (Å²) in [7, 11) is 0. The second-order valence-corrected chi connectivity index (χ2v) is 2.15. The number of aromatic carboxylic acids is 2. The number of carboxylic acids is 2. The first kappa shape index (κ1) is 5.77. The van der Waals surface area contributed by atoms with Crippen LogP contribution in [0.2, 0.25) is 0 Å². The second kappa shape index (κ2) is 3.04. The van der Waals surface area contributed by atoms with E-state index in [1.165, 1.54) is 24.3 Å². The minimum Gasteiger partial charge on any atom is -0.478 e. The number of hydrogen-bond acceptors (Lipinski definition) is 4. The standard InChI is InChI=1S/C8H6O4/c9-7(10)5-1-2-6(4-3-5)8(11)12/h1-4H,(H,9,10)(H,11,12)/i/hT2. The molecule has 1 aromatic carbocycles. The highest BCUT2D eigenvalue weighted by Crippen LogP contribution is 2.03. The average molecular weight is 170 g/mol. The monoisotopic (exact) mass is 170 g/mol. The molecule has 0 unspecified atom stereocenters. The highest BCUT2D eigenvalue weighted by molar-refractivity contribution is 5.91. The van der Waals surface area contributed by atoms with Crippen LogP contribution in [0.5, 0.6) is 0 Å². The van der Waals surface area contributed by atoms with E-state index in [9.17, 15) is 9.59 Å². The van der Waals surface area contributed by atoms with E-state index in [-0.39, 0.29) is 11.1 Å². The van der Waals surface area contributed by atoms with Crippen molar-refractivity contribution in [2.24, 2.45) is 0 Å². The van der Waals surface area contributed by atoms with Crippen LogP contribution in [0.3, 0.4) is 0 Å². The molecule has 1 rings (SSSR count). The van der Waals surface area contributed by atoms with Gasteiger partial charge < -0.3 is 10.2 Å². The average Bonchev–Trinajstić information content (AvgIpc) is 2.27. The van der Waals surface area contributed by atoms with Gasteiger partial charge in [0.2, 0.25) is 0 Å². The topological polar surface area (TPSA) is 74.6 Å². The van der Waals surface area contributed by atoms with E-state index in [2.05, 4.69) is 10.2 Å². The van der Waals surface area contributed by atoms with Gasteiger partial charge in [0.05, 0.1) is 11.1 Å². The summed E-state index contributed by atoms with van der Waals surface area (Å²) < 4.78 is 12.7. The fourth-order valence-corrected chi connectivity index (χ4v) is 0.742. The predicted octanol–water partition coefficient (Wildman–Crippen LogP) is 1.08. The van der Waals surface area contributed by atoms with Crippen LogP contribution >= 0.6 is 0 Å². The number of benzene rings is 1. The van der Waals surface area contributed by atoms with E-state index in [0.717, 1.165) is 0 Å². The number of carboxylic acid groups (broad SMARTS) is 2. The van der Waals surface area contributed by atoms with Crippen molar-refractivity contribution in [1.82, 2.24) is 0 Å². The minimum absolute atomic E-state index is 0.154. The van der Waals surface area contributed by atoms with E-state index < -0.39 is 11.9 Å². The fourth-order valence-electron chi connectivity index (χ4n) is 0.742. The zero-order valence-electron chi connectivity index (χ0n) is 7.94. The summed E-state index contributed by atoms with van der Waals surface area (Å²) in [5, 5.41) is 7.44. The maximum Gasteiger partial charge on any atom is 0.335 e. The van der Waals surface area contributed by atoms with E-state index in [1.54, 1.807) is 0 Å². The highest BCUT2D eigenvalue weighted by atomic mass is 16.4. The summed E-state index contributed by atoms with van der Waals surface area (Å²) >= 11 is 0. The van der Waals surface area contributed by atoms with Crippen molar-refractivity contribution in [3.05, 3.63) is 35.4 Å². The van der Waals surface area contributed by atoms with Gasteiger partial charge in [-0.2, -0.15) is 0 Å². The summed E-state index contributed by atoms with van der Waals surface area (Å²) in [5.41, 5.74) is 0.308. The zero-order valence-corrected chi connectivity index (χ0v) is 5.94. The lowest BCUT2D eigenvalue weighted by atomic mass is 10.1. The first-order valence-corrected chi connectivity index (χ1v) is 3.14. The Morgan fingerprint density at radius 3 is 1.58 bits per heavy atom. The third-order valence-electron chi connectivity index (χ3n) is 1.36. The number of hydrogen-bond donors (Lipinski definition) is 2. The third-order valence-corrected chi connectivity index (χ3v) is 1.36. The summed E-state index contributed by atoms with van der Waals surface area (Å²) in [5.74, 6) is -1.62. The van der Waals surface area contributed by atoms with E-state index >= 15 is 0 Å². The van der Waals surface area contributed by atoms with Crippen molar-refractivity contribution in [2.75, 3.05) is 0 Å². The van der Waals surface area contributed by atoms with E-state index in [4.69, 9.17) is 2.86 Å². The molecule has 0 fully saturated rings. The Balaban J connectivity index is 2.89. The van der Waals surface area contributed by atoms with Crippen LogP contribution < -0.4 is 0 Å². The van der Waals surface area contributed by atoms with Gasteiger partial charge in [0.1, 0.15) is 0 Å². The molecule has 0 heterocycles. The van der Waals surface area contributed by atoms with Crippen LogP contribution in [-0.2, 0) is 0 Å². The largest absolute Gasteiger partial charge is 0.478 e. The fraction of sp³-hybridized carbons (Fsp3) is 0. The molecule has 0 radical (unpaired) electrons. The van der Waals surface area contributed by atoms with Crippen molar-refractivity contribution < 1.29 is 19.8 Å². The Morgan fingerprint density at radius 1 is 1.00 bits per heavy atom. The smallest absolute Gasteiger partial charge is 0.335 e. The van der Waals surface area contributed by atoms with E-state index in [1.807, 2.05) is 0 Å². The van der Waals surface area contributed by atoms with Crippen molar-refractivity contribution in [1.29, 1.82) is 2.86 Å². The molecular weight excluding hydrogens is 160 g/mol. The van der Waals surface area contributed by atoms with E-state index in [0.29, 0.717) is 0 Å². The third kappa shape index (κ3) is 1.60. The predicted molar refractivity (Wildman–Crippen MR) is 40.4 cm³/mol. The highest BCUT2D eigenvalue weighted by Gasteiger charge is 2.04. The Labute approximate surface area is 71.1 Å². The molecular formula is C8H6O4. The summed E-state index contributed by atoms with van der Waals surface area (Å²) in [6.07, 6.45) is 0. The summed E-state index contributed by atoms with van der Waals surface area (Å²) in [4.78, 5) is 21.6. The van der Waals surface area contributed by atoms with Crippen LogP contribution in [0.1, 0.15) is 20.7 Å². The molecule has 0 bridgehead atoms. The quantitative estimate of drug-likeness (QED) is 0.696. The maximum absolute atomic E-state index is 10.8. The molecule has 2 N–H and O–H groups in total. The molecule has 4 nitrogen and oxygen atoms in total. The first-order chi connectivity index (χ1) is 6.69. The lowest BCUT2D eigenvalue weighted by molar-refractivity contribution is 0.0681. The maximum atomic E-state index is 10.8. The van der Waals surface area contributed by atoms with Crippen molar-refractivity contribution >= 4 is 11.9 Å². The van der Waals surface area contributed by atoms with Crippen LogP contribution in [0.15, 0.2) is 24.3 Å². The van der Waals surface area contributed by atoms with Gasteiger partial charge in [-0.25, -0.2) is 9.59 Å². The molecule has 1 aromatic rings. The van der Waals surface area contributed by atoms with Gasteiger partial charge in [0.25, 0.3) is 2.86 Å². The van der Waals surface area contributed by atoms with Crippen LogP contribution in [-0.4, -0.2) is 22.2 Å². The minimum atomic E-state index is -0.809. The molecule has 4 heteroatoms. The van der Waals surface area contributed by atoms with Gasteiger partial charge in [-0.05, 0) is 24.3 Å². The Bertz CT molecular complexity index is 312. The normalized spacial score (nSPS) is 11.0. The summed E-state index contributed by atoms with van der Waals surface area (Å²) in [6, 6.07) is 5.23.